The van der Waals surface area contributed by atoms with E-state index in [-0.39, 0.29) is 24.3 Å². The highest BCUT2D eigenvalue weighted by atomic mass is 16.6. The van der Waals surface area contributed by atoms with E-state index in [2.05, 4.69) is 12.1 Å². The molecule has 1 saturated carbocycles. The lowest BCUT2D eigenvalue weighted by molar-refractivity contribution is 0.0623. The Kier molecular flexibility index (Phi) is 3.66. The Morgan fingerprint density at radius 3 is 2.38 bits per heavy atom. The van der Waals surface area contributed by atoms with Gasteiger partial charge in [-0.05, 0) is 45.1 Å². The molecule has 1 aromatic rings. The first kappa shape index (κ1) is 14.4. The first-order valence-electron chi connectivity index (χ1n) is 7.73. The van der Waals surface area contributed by atoms with Gasteiger partial charge in [-0.2, -0.15) is 0 Å². The van der Waals surface area contributed by atoms with Gasteiger partial charge in [0.05, 0.1) is 12.1 Å². The lowest BCUT2D eigenvalue weighted by atomic mass is 9.87. The number of rotatable bonds is 2. The number of benzene rings is 1. The zero-order chi connectivity index (χ0) is 15.0. The number of hydrogen-bond donors (Lipinski definition) is 1. The highest BCUT2D eigenvalue weighted by molar-refractivity contribution is 5.72. The predicted octanol–water partition coefficient (Wildman–Crippen LogP) is 3.26. The Morgan fingerprint density at radius 1 is 1.14 bits per heavy atom. The molecule has 2 aliphatic rings. The smallest absolute Gasteiger partial charge is 0.411 e. The Balaban J connectivity index is 1.91. The summed E-state index contributed by atoms with van der Waals surface area (Å²) >= 11 is 0. The average Bonchev–Trinajstić information content (AvgIpc) is 2.70. The summed E-state index contributed by atoms with van der Waals surface area (Å²) in [5.41, 5.74) is 0.577. The molecular formula is C17H23NO3. The molecule has 1 aliphatic heterocycles. The minimum Gasteiger partial charge on any atom is -0.441 e. The quantitative estimate of drug-likeness (QED) is 0.909. The molecule has 114 valence electrons. The lowest BCUT2D eigenvalue weighted by Crippen LogP contribution is -2.43. The van der Waals surface area contributed by atoms with Crippen LogP contribution in [0.5, 0.6) is 0 Å². The van der Waals surface area contributed by atoms with Gasteiger partial charge >= 0.3 is 6.09 Å². The van der Waals surface area contributed by atoms with Crippen LogP contribution < -0.4 is 0 Å². The molecule has 1 N–H and O–H groups in total. The third-order valence-electron chi connectivity index (χ3n) is 4.67. The monoisotopic (exact) mass is 289 g/mol. The summed E-state index contributed by atoms with van der Waals surface area (Å²) in [5.74, 6) is 0. The molecule has 1 saturated heterocycles. The molecule has 1 atom stereocenters. The first-order chi connectivity index (χ1) is 9.99. The van der Waals surface area contributed by atoms with Gasteiger partial charge in [0.25, 0.3) is 0 Å². The number of aliphatic hydroxyl groups is 1. The van der Waals surface area contributed by atoms with Gasteiger partial charge in [0.1, 0.15) is 5.60 Å². The van der Waals surface area contributed by atoms with Gasteiger partial charge in [-0.1, -0.05) is 30.3 Å². The highest BCUT2D eigenvalue weighted by Gasteiger charge is 2.51. The second-order valence-corrected chi connectivity index (χ2v) is 6.65. The Hall–Kier alpha value is -1.55. The van der Waals surface area contributed by atoms with E-state index in [4.69, 9.17) is 4.74 Å². The zero-order valence-corrected chi connectivity index (χ0v) is 12.7. The second kappa shape index (κ2) is 5.34. The van der Waals surface area contributed by atoms with Crippen LogP contribution >= 0.6 is 0 Å². The van der Waals surface area contributed by atoms with E-state index in [1.165, 1.54) is 0 Å². The maximum absolute atomic E-state index is 12.4. The van der Waals surface area contributed by atoms with Gasteiger partial charge in [-0.25, -0.2) is 4.79 Å². The number of cyclic esters (lactones) is 1. The van der Waals surface area contributed by atoms with Crippen molar-refractivity contribution in [2.24, 2.45) is 0 Å². The summed E-state index contributed by atoms with van der Waals surface area (Å²) in [6, 6.07) is 10.2. The van der Waals surface area contributed by atoms with Crippen molar-refractivity contribution in [3.05, 3.63) is 35.9 Å². The van der Waals surface area contributed by atoms with Crippen LogP contribution in [-0.2, 0) is 4.74 Å². The third kappa shape index (κ3) is 2.64. The third-order valence-corrected chi connectivity index (χ3v) is 4.67. The number of carbonyl (C=O) groups excluding carboxylic acids is 1. The minimum absolute atomic E-state index is 0.0635. The van der Waals surface area contributed by atoms with Crippen LogP contribution in [-0.4, -0.2) is 33.8 Å². The van der Waals surface area contributed by atoms with Crippen LogP contribution in [0.3, 0.4) is 0 Å². The van der Waals surface area contributed by atoms with E-state index in [0.717, 1.165) is 31.2 Å². The molecule has 1 unspecified atom stereocenters. The van der Waals surface area contributed by atoms with E-state index in [9.17, 15) is 9.90 Å². The van der Waals surface area contributed by atoms with Crippen molar-refractivity contribution in [3.63, 3.8) is 0 Å². The fraction of sp³-hybridized carbons (Fsp3) is 0.588. The van der Waals surface area contributed by atoms with Gasteiger partial charge in [0.2, 0.25) is 0 Å². The predicted molar refractivity (Wildman–Crippen MR) is 79.8 cm³/mol. The van der Waals surface area contributed by atoms with Crippen molar-refractivity contribution >= 4 is 6.09 Å². The summed E-state index contributed by atoms with van der Waals surface area (Å²) in [6.07, 6.45) is 2.76. The van der Waals surface area contributed by atoms with Crippen molar-refractivity contribution < 1.29 is 14.6 Å². The van der Waals surface area contributed by atoms with Gasteiger partial charge in [-0.3, -0.25) is 4.90 Å². The molecule has 1 aromatic carbocycles. The fourth-order valence-corrected chi connectivity index (χ4v) is 3.67. The SMILES string of the molecule is CC1(C)OC(=O)N(C2CCC(O)CC2)C1c1ccccc1. The number of hydrogen-bond acceptors (Lipinski definition) is 3. The number of nitrogens with zero attached hydrogens (tertiary/aromatic N) is 1. The second-order valence-electron chi connectivity index (χ2n) is 6.65. The van der Waals surface area contributed by atoms with Gasteiger partial charge in [-0.15, -0.1) is 0 Å². The zero-order valence-electron chi connectivity index (χ0n) is 12.7. The van der Waals surface area contributed by atoms with E-state index in [1.54, 1.807) is 0 Å². The molecule has 3 rings (SSSR count). The molecule has 2 fully saturated rings. The summed E-state index contributed by atoms with van der Waals surface area (Å²) in [5, 5.41) is 9.69. The molecule has 1 aliphatic carbocycles. The van der Waals surface area contributed by atoms with Crippen LogP contribution in [0, 0.1) is 0 Å². The van der Waals surface area contributed by atoms with Gasteiger partial charge in [0.15, 0.2) is 0 Å². The number of ether oxygens (including phenoxy) is 1. The molecule has 4 nitrogen and oxygen atoms in total. The molecule has 0 radical (unpaired) electrons. The largest absolute Gasteiger partial charge is 0.441 e. The van der Waals surface area contributed by atoms with Crippen LogP contribution in [0.25, 0.3) is 0 Å². The number of amides is 1. The number of aliphatic hydroxyl groups excluding tert-OH is 1. The van der Waals surface area contributed by atoms with E-state index in [1.807, 2.05) is 36.9 Å². The van der Waals surface area contributed by atoms with Crippen molar-refractivity contribution in [2.75, 3.05) is 0 Å². The normalized spacial score (nSPS) is 32.0. The lowest BCUT2D eigenvalue weighted by Gasteiger charge is -2.37. The first-order valence-corrected chi connectivity index (χ1v) is 7.73. The molecule has 0 aromatic heterocycles. The maximum Gasteiger partial charge on any atom is 0.411 e. The molecular weight excluding hydrogens is 266 g/mol. The van der Waals surface area contributed by atoms with E-state index in [0.29, 0.717) is 0 Å². The number of carbonyl (C=O) groups is 1. The van der Waals surface area contributed by atoms with E-state index >= 15 is 0 Å². The van der Waals surface area contributed by atoms with Crippen molar-refractivity contribution in [1.29, 1.82) is 0 Å². The maximum atomic E-state index is 12.4. The van der Waals surface area contributed by atoms with Gasteiger partial charge < -0.3 is 9.84 Å². The summed E-state index contributed by atoms with van der Waals surface area (Å²) < 4.78 is 5.63. The Labute approximate surface area is 125 Å². The standard InChI is InChI=1S/C17H23NO3/c1-17(2)15(12-6-4-3-5-7-12)18(16(20)21-17)13-8-10-14(19)11-9-13/h3-7,13-15,19H,8-11H2,1-2H3. The summed E-state index contributed by atoms with van der Waals surface area (Å²) in [7, 11) is 0. The van der Waals surface area contributed by atoms with Crippen LogP contribution in [0.4, 0.5) is 4.79 Å². The summed E-state index contributed by atoms with van der Waals surface area (Å²) in [6.45, 7) is 3.94. The Bertz CT molecular complexity index is 506. The molecule has 1 heterocycles. The molecule has 4 heteroatoms. The molecule has 21 heavy (non-hydrogen) atoms. The summed E-state index contributed by atoms with van der Waals surface area (Å²) in [4.78, 5) is 14.3. The van der Waals surface area contributed by atoms with Gasteiger partial charge in [0, 0.05) is 6.04 Å². The van der Waals surface area contributed by atoms with Crippen molar-refractivity contribution in [2.45, 2.75) is 63.3 Å². The topological polar surface area (TPSA) is 49.8 Å². The van der Waals surface area contributed by atoms with Crippen LogP contribution in [0.15, 0.2) is 30.3 Å². The van der Waals surface area contributed by atoms with Crippen LogP contribution in [0.1, 0.15) is 51.1 Å². The fourth-order valence-electron chi connectivity index (χ4n) is 3.67. The van der Waals surface area contributed by atoms with Crippen molar-refractivity contribution in [3.8, 4) is 0 Å². The molecule has 1 amide bonds. The Morgan fingerprint density at radius 2 is 1.76 bits per heavy atom. The van der Waals surface area contributed by atoms with E-state index < -0.39 is 5.60 Å². The van der Waals surface area contributed by atoms with Crippen LogP contribution in [0.2, 0.25) is 0 Å². The minimum atomic E-state index is -0.533. The van der Waals surface area contributed by atoms with Crippen molar-refractivity contribution in [1.82, 2.24) is 4.90 Å². The highest BCUT2D eigenvalue weighted by Crippen LogP contribution is 2.44. The molecule has 0 spiro atoms. The average molecular weight is 289 g/mol. The molecule has 0 bridgehead atoms.